The van der Waals surface area contributed by atoms with Crippen LogP contribution in [-0.4, -0.2) is 11.0 Å². The number of nitro benzene ring substituents is 1. The fraction of sp³-hybridized carbons (Fsp3) is 0.600. The van der Waals surface area contributed by atoms with Crippen LogP contribution in [0.4, 0.5) is 11.4 Å². The Kier molecular flexibility index (Phi) is 4.86. The second kappa shape index (κ2) is 6.44. The Hall–Kier alpha value is -1.29. The minimum atomic E-state index is -0.360. The maximum absolute atomic E-state index is 11.1. The van der Waals surface area contributed by atoms with Gasteiger partial charge >= 0.3 is 0 Å². The Morgan fingerprint density at radius 1 is 1.40 bits per heavy atom. The normalized spacial score (nSPS) is 22.8. The lowest BCUT2D eigenvalue weighted by Gasteiger charge is -2.32. The first-order chi connectivity index (χ1) is 9.47. The smallest absolute Gasteiger partial charge is 0.292 e. The average Bonchev–Trinajstić information content (AvgIpc) is 2.38. The third kappa shape index (κ3) is 3.63. The van der Waals surface area contributed by atoms with Gasteiger partial charge in [-0.15, -0.1) is 0 Å². The molecule has 0 aliphatic heterocycles. The Labute approximate surface area is 124 Å². The van der Waals surface area contributed by atoms with Crippen molar-refractivity contribution in [3.63, 3.8) is 0 Å². The highest BCUT2D eigenvalue weighted by Gasteiger charge is 2.25. The molecule has 0 amide bonds. The topological polar surface area (TPSA) is 55.2 Å². The van der Waals surface area contributed by atoms with Gasteiger partial charge in [0.2, 0.25) is 0 Å². The highest BCUT2D eigenvalue weighted by molar-refractivity contribution is 6.31. The molecule has 20 heavy (non-hydrogen) atoms. The van der Waals surface area contributed by atoms with E-state index in [0.29, 0.717) is 28.6 Å². The van der Waals surface area contributed by atoms with Crippen LogP contribution in [0.2, 0.25) is 5.02 Å². The van der Waals surface area contributed by atoms with Crippen molar-refractivity contribution in [2.24, 2.45) is 11.8 Å². The Morgan fingerprint density at radius 3 is 2.80 bits per heavy atom. The van der Waals surface area contributed by atoms with Crippen LogP contribution >= 0.6 is 11.6 Å². The predicted octanol–water partition coefficient (Wildman–Crippen LogP) is 4.87. The van der Waals surface area contributed by atoms with Crippen LogP contribution in [0.3, 0.4) is 0 Å². The first-order valence-electron chi connectivity index (χ1n) is 7.18. The molecule has 1 fully saturated rings. The molecule has 1 aromatic carbocycles. The maximum Gasteiger partial charge on any atom is 0.292 e. The summed E-state index contributed by atoms with van der Waals surface area (Å²) in [7, 11) is 0. The van der Waals surface area contributed by atoms with Crippen LogP contribution in [0.1, 0.15) is 39.5 Å². The van der Waals surface area contributed by atoms with Crippen LogP contribution in [-0.2, 0) is 0 Å². The van der Waals surface area contributed by atoms with Crippen molar-refractivity contribution in [2.45, 2.75) is 45.6 Å². The zero-order valence-corrected chi connectivity index (χ0v) is 12.7. The van der Waals surface area contributed by atoms with Gasteiger partial charge in [-0.05, 0) is 36.8 Å². The lowest BCUT2D eigenvalue weighted by molar-refractivity contribution is -0.384. The summed E-state index contributed by atoms with van der Waals surface area (Å²) < 4.78 is 0. The van der Waals surface area contributed by atoms with Gasteiger partial charge in [0.15, 0.2) is 0 Å². The number of nitrogens with zero attached hydrogens (tertiary/aromatic N) is 1. The molecule has 2 atom stereocenters. The Balaban J connectivity index is 2.13. The lowest BCUT2D eigenvalue weighted by atomic mass is 9.79. The molecule has 1 aliphatic carbocycles. The molecule has 0 heterocycles. The van der Waals surface area contributed by atoms with Crippen LogP contribution in [0, 0.1) is 22.0 Å². The number of anilines is 1. The van der Waals surface area contributed by atoms with Gasteiger partial charge < -0.3 is 5.32 Å². The lowest BCUT2D eigenvalue weighted by Crippen LogP contribution is -2.29. The van der Waals surface area contributed by atoms with Gasteiger partial charge in [0, 0.05) is 17.1 Å². The van der Waals surface area contributed by atoms with E-state index in [0.717, 1.165) is 12.8 Å². The van der Waals surface area contributed by atoms with Crippen LogP contribution in [0.5, 0.6) is 0 Å². The van der Waals surface area contributed by atoms with Gasteiger partial charge in [0.05, 0.1) is 4.92 Å². The average molecular weight is 297 g/mol. The summed E-state index contributed by atoms with van der Waals surface area (Å²) in [6, 6.07) is 4.97. The third-order valence-electron chi connectivity index (χ3n) is 4.17. The largest absolute Gasteiger partial charge is 0.377 e. The number of hydrogen-bond acceptors (Lipinski definition) is 3. The van der Waals surface area contributed by atoms with E-state index in [9.17, 15) is 10.1 Å². The second-order valence-corrected chi connectivity index (χ2v) is 6.37. The molecule has 0 aromatic heterocycles. The molecule has 0 bridgehead atoms. The van der Waals surface area contributed by atoms with E-state index in [1.54, 1.807) is 12.1 Å². The summed E-state index contributed by atoms with van der Waals surface area (Å²) in [6.07, 6.45) is 4.57. The minimum Gasteiger partial charge on any atom is -0.377 e. The molecule has 4 nitrogen and oxygen atoms in total. The molecule has 0 spiro atoms. The van der Waals surface area contributed by atoms with Crippen molar-refractivity contribution in [3.05, 3.63) is 33.3 Å². The number of nitrogens with one attached hydrogen (secondary N) is 1. The second-order valence-electron chi connectivity index (χ2n) is 5.93. The summed E-state index contributed by atoms with van der Waals surface area (Å²) in [5, 5.41) is 14.9. The van der Waals surface area contributed by atoms with Crippen molar-refractivity contribution < 1.29 is 4.92 Å². The molecular formula is C15H21ClN2O2. The summed E-state index contributed by atoms with van der Waals surface area (Å²) in [4.78, 5) is 10.7. The molecule has 0 radical (unpaired) electrons. The summed E-state index contributed by atoms with van der Waals surface area (Å²) in [5.41, 5.74) is 0.637. The highest BCUT2D eigenvalue weighted by Crippen LogP contribution is 2.34. The zero-order chi connectivity index (χ0) is 14.7. The van der Waals surface area contributed by atoms with Gasteiger partial charge in [-0.3, -0.25) is 10.1 Å². The SMILES string of the molecule is CC(C)C1CCCC(Nc2cc(Cl)ccc2[N+](=O)[O-])C1. The van der Waals surface area contributed by atoms with Crippen molar-refractivity contribution in [3.8, 4) is 0 Å². The summed E-state index contributed by atoms with van der Waals surface area (Å²) in [6.45, 7) is 4.49. The van der Waals surface area contributed by atoms with Crippen molar-refractivity contribution >= 4 is 23.0 Å². The molecular weight excluding hydrogens is 276 g/mol. The predicted molar refractivity (Wildman–Crippen MR) is 82.3 cm³/mol. The molecule has 1 aromatic rings. The van der Waals surface area contributed by atoms with Gasteiger partial charge in [-0.25, -0.2) is 0 Å². The number of halogens is 1. The van der Waals surface area contributed by atoms with Gasteiger partial charge in [0.1, 0.15) is 5.69 Å². The van der Waals surface area contributed by atoms with Crippen molar-refractivity contribution in [1.82, 2.24) is 0 Å². The van der Waals surface area contributed by atoms with Crippen LogP contribution < -0.4 is 5.32 Å². The van der Waals surface area contributed by atoms with E-state index >= 15 is 0 Å². The van der Waals surface area contributed by atoms with E-state index in [4.69, 9.17) is 11.6 Å². The molecule has 110 valence electrons. The number of benzene rings is 1. The Bertz CT molecular complexity index is 491. The molecule has 5 heteroatoms. The first-order valence-corrected chi connectivity index (χ1v) is 7.55. The maximum atomic E-state index is 11.1. The molecule has 0 saturated heterocycles. The molecule has 1 saturated carbocycles. The number of rotatable bonds is 4. The van der Waals surface area contributed by atoms with Gasteiger partial charge in [-0.1, -0.05) is 38.3 Å². The molecule has 1 N–H and O–H groups in total. The summed E-state index contributed by atoms with van der Waals surface area (Å²) >= 11 is 5.96. The summed E-state index contributed by atoms with van der Waals surface area (Å²) in [5.74, 6) is 1.36. The molecule has 1 aliphatic rings. The quantitative estimate of drug-likeness (QED) is 0.636. The fourth-order valence-electron chi connectivity index (χ4n) is 2.97. The van der Waals surface area contributed by atoms with Gasteiger partial charge in [0.25, 0.3) is 5.69 Å². The Morgan fingerprint density at radius 2 is 2.15 bits per heavy atom. The van der Waals surface area contributed by atoms with Crippen LogP contribution in [0.15, 0.2) is 18.2 Å². The van der Waals surface area contributed by atoms with Gasteiger partial charge in [-0.2, -0.15) is 0 Å². The van der Waals surface area contributed by atoms with E-state index < -0.39 is 0 Å². The zero-order valence-electron chi connectivity index (χ0n) is 11.9. The van der Waals surface area contributed by atoms with E-state index in [1.807, 2.05) is 0 Å². The van der Waals surface area contributed by atoms with Crippen molar-refractivity contribution in [2.75, 3.05) is 5.32 Å². The monoisotopic (exact) mass is 296 g/mol. The molecule has 2 rings (SSSR count). The van der Waals surface area contributed by atoms with Crippen molar-refractivity contribution in [1.29, 1.82) is 0 Å². The van der Waals surface area contributed by atoms with E-state index in [1.165, 1.54) is 18.9 Å². The highest BCUT2D eigenvalue weighted by atomic mass is 35.5. The minimum absolute atomic E-state index is 0.0982. The first kappa shape index (κ1) is 15.1. The number of nitro groups is 1. The van der Waals surface area contributed by atoms with E-state index in [2.05, 4.69) is 19.2 Å². The van der Waals surface area contributed by atoms with E-state index in [-0.39, 0.29) is 10.6 Å². The number of hydrogen-bond donors (Lipinski definition) is 1. The fourth-order valence-corrected chi connectivity index (χ4v) is 3.14. The molecule has 2 unspecified atom stereocenters. The van der Waals surface area contributed by atoms with Crippen LogP contribution in [0.25, 0.3) is 0 Å². The standard InChI is InChI=1S/C15H21ClN2O2/c1-10(2)11-4-3-5-13(8-11)17-14-9-12(16)6-7-15(14)18(19)20/h6-7,9-11,13,17H,3-5,8H2,1-2H3. The third-order valence-corrected chi connectivity index (χ3v) is 4.41.